The number of hydrogen-bond acceptors (Lipinski definition) is 4. The number of rotatable bonds is 7. The first kappa shape index (κ1) is 18.6. The maximum Gasteiger partial charge on any atom is 0.272 e. The molecule has 0 unspecified atom stereocenters. The number of hydrogen-bond donors (Lipinski definition) is 3. The van der Waals surface area contributed by atoms with E-state index in [1.807, 2.05) is 14.1 Å². The van der Waals surface area contributed by atoms with Gasteiger partial charge in [-0.1, -0.05) is 0 Å². The molecule has 2 aromatic heterocycles. The van der Waals surface area contributed by atoms with E-state index in [4.69, 9.17) is 5.73 Å². The third-order valence-electron chi connectivity index (χ3n) is 3.86. The van der Waals surface area contributed by atoms with Gasteiger partial charge in [-0.3, -0.25) is 9.59 Å². The number of aromatic nitrogens is 2. The molecule has 0 radical (unpaired) electrons. The Kier molecular flexibility index (Phi) is 5.87. The number of anilines is 2. The van der Waals surface area contributed by atoms with Crippen LogP contribution in [0.15, 0.2) is 24.5 Å². The van der Waals surface area contributed by atoms with Crippen LogP contribution in [0.1, 0.15) is 27.4 Å². The van der Waals surface area contributed by atoms with Gasteiger partial charge in [0.2, 0.25) is 0 Å². The average Bonchev–Trinajstić information content (AvgIpc) is 3.05. The minimum atomic E-state index is -0.313. The predicted octanol–water partition coefficient (Wildman–Crippen LogP) is 0.880. The van der Waals surface area contributed by atoms with Crippen molar-refractivity contribution in [3.05, 3.63) is 35.9 Å². The molecule has 8 heteroatoms. The lowest BCUT2D eigenvalue weighted by atomic mass is 10.3. The summed E-state index contributed by atoms with van der Waals surface area (Å²) in [5.74, 6) is -0.528. The number of nitrogen functional groups attached to an aromatic ring is 1. The van der Waals surface area contributed by atoms with Gasteiger partial charge in [0.25, 0.3) is 11.8 Å². The van der Waals surface area contributed by atoms with Crippen LogP contribution in [0.2, 0.25) is 0 Å². The highest BCUT2D eigenvalue weighted by Crippen LogP contribution is 2.18. The molecule has 0 saturated carbocycles. The Morgan fingerprint density at radius 1 is 1.20 bits per heavy atom. The third-order valence-corrected chi connectivity index (χ3v) is 3.86. The molecule has 136 valence electrons. The normalized spacial score (nSPS) is 10.9. The van der Waals surface area contributed by atoms with E-state index in [2.05, 4.69) is 15.5 Å². The zero-order chi connectivity index (χ0) is 18.6. The zero-order valence-electron chi connectivity index (χ0n) is 15.2. The molecule has 2 amide bonds. The largest absolute Gasteiger partial charge is 0.397 e. The van der Waals surface area contributed by atoms with E-state index in [1.165, 1.54) is 0 Å². The molecule has 0 atom stereocenters. The van der Waals surface area contributed by atoms with Gasteiger partial charge in [-0.2, -0.15) is 0 Å². The molecule has 8 nitrogen and oxygen atoms in total. The van der Waals surface area contributed by atoms with Gasteiger partial charge in [0.05, 0.1) is 11.4 Å². The fourth-order valence-corrected chi connectivity index (χ4v) is 2.60. The molecule has 0 fully saturated rings. The van der Waals surface area contributed by atoms with Crippen LogP contribution in [0.3, 0.4) is 0 Å². The van der Waals surface area contributed by atoms with Gasteiger partial charge in [0, 0.05) is 33.0 Å². The van der Waals surface area contributed by atoms with Crippen molar-refractivity contribution >= 4 is 23.2 Å². The summed E-state index contributed by atoms with van der Waals surface area (Å²) >= 11 is 0. The lowest BCUT2D eigenvalue weighted by Crippen LogP contribution is -2.29. The van der Waals surface area contributed by atoms with E-state index >= 15 is 0 Å². The third kappa shape index (κ3) is 4.63. The number of nitrogens with one attached hydrogen (secondary N) is 2. The molecular weight excluding hydrogens is 320 g/mol. The van der Waals surface area contributed by atoms with Crippen molar-refractivity contribution in [3.63, 3.8) is 0 Å². The van der Waals surface area contributed by atoms with Crippen LogP contribution in [0.4, 0.5) is 11.4 Å². The Labute approximate surface area is 147 Å². The highest BCUT2D eigenvalue weighted by molar-refractivity contribution is 6.08. The minimum Gasteiger partial charge on any atom is -0.397 e. The van der Waals surface area contributed by atoms with Crippen molar-refractivity contribution in [2.45, 2.75) is 6.42 Å². The van der Waals surface area contributed by atoms with E-state index < -0.39 is 0 Å². The topological polar surface area (TPSA) is 97.3 Å². The number of carbonyl (C=O) groups is 2. The zero-order valence-corrected chi connectivity index (χ0v) is 15.2. The molecule has 25 heavy (non-hydrogen) atoms. The van der Waals surface area contributed by atoms with E-state index in [0.717, 1.165) is 13.0 Å². The average molecular weight is 346 g/mol. The Morgan fingerprint density at radius 3 is 2.52 bits per heavy atom. The highest BCUT2D eigenvalue weighted by atomic mass is 16.2. The Balaban J connectivity index is 2.06. The summed E-state index contributed by atoms with van der Waals surface area (Å²) < 4.78 is 3.34. The molecule has 0 aromatic carbocycles. The van der Waals surface area contributed by atoms with Crippen molar-refractivity contribution in [3.8, 4) is 0 Å². The van der Waals surface area contributed by atoms with Gasteiger partial charge in [0.15, 0.2) is 0 Å². The van der Waals surface area contributed by atoms with Gasteiger partial charge in [-0.05, 0) is 39.2 Å². The van der Waals surface area contributed by atoms with Crippen LogP contribution in [0.25, 0.3) is 0 Å². The number of carbonyl (C=O) groups excluding carboxylic acids is 2. The van der Waals surface area contributed by atoms with Crippen molar-refractivity contribution in [2.75, 3.05) is 38.2 Å². The molecule has 0 aliphatic carbocycles. The van der Waals surface area contributed by atoms with Gasteiger partial charge in [-0.15, -0.1) is 0 Å². The second-order valence-corrected chi connectivity index (χ2v) is 6.33. The Bertz CT molecular complexity index is 759. The van der Waals surface area contributed by atoms with E-state index in [-0.39, 0.29) is 11.8 Å². The fourth-order valence-electron chi connectivity index (χ4n) is 2.60. The van der Waals surface area contributed by atoms with Gasteiger partial charge in [-0.25, -0.2) is 0 Å². The molecule has 0 saturated heterocycles. The summed E-state index contributed by atoms with van der Waals surface area (Å²) in [5, 5.41) is 5.67. The fraction of sp³-hybridized carbons (Fsp3) is 0.412. The Hall–Kier alpha value is -2.74. The van der Waals surface area contributed by atoms with Crippen LogP contribution in [-0.4, -0.2) is 53.0 Å². The monoisotopic (exact) mass is 346 g/mol. The number of aryl methyl sites for hydroxylation is 2. The first-order valence-electron chi connectivity index (χ1n) is 8.11. The summed E-state index contributed by atoms with van der Waals surface area (Å²) in [4.78, 5) is 27.0. The maximum atomic E-state index is 12.5. The van der Waals surface area contributed by atoms with Crippen LogP contribution >= 0.6 is 0 Å². The Morgan fingerprint density at radius 2 is 1.92 bits per heavy atom. The summed E-state index contributed by atoms with van der Waals surface area (Å²) in [6.07, 6.45) is 4.26. The maximum absolute atomic E-state index is 12.5. The highest BCUT2D eigenvalue weighted by Gasteiger charge is 2.19. The molecule has 2 aromatic rings. The molecule has 0 aliphatic rings. The number of amides is 2. The quantitative estimate of drug-likeness (QED) is 0.648. The first-order chi connectivity index (χ1) is 11.8. The van der Waals surface area contributed by atoms with Crippen LogP contribution in [0.5, 0.6) is 0 Å². The van der Waals surface area contributed by atoms with Gasteiger partial charge >= 0.3 is 0 Å². The lowest BCUT2D eigenvalue weighted by molar-refractivity contribution is 0.0945. The molecule has 2 heterocycles. The second kappa shape index (κ2) is 7.89. The molecule has 0 bridgehead atoms. The molecule has 0 spiro atoms. The van der Waals surface area contributed by atoms with Crippen molar-refractivity contribution in [2.24, 2.45) is 14.1 Å². The summed E-state index contributed by atoms with van der Waals surface area (Å²) in [6, 6.07) is 3.30. The second-order valence-electron chi connectivity index (χ2n) is 6.33. The van der Waals surface area contributed by atoms with Crippen molar-refractivity contribution < 1.29 is 9.59 Å². The molecular formula is C17H26N6O2. The summed E-state index contributed by atoms with van der Waals surface area (Å²) in [6.45, 7) is 1.47. The van der Waals surface area contributed by atoms with Crippen LogP contribution in [0, 0.1) is 0 Å². The van der Waals surface area contributed by atoms with Crippen LogP contribution < -0.4 is 16.4 Å². The molecule has 4 N–H and O–H groups in total. The summed E-state index contributed by atoms with van der Waals surface area (Å²) in [7, 11) is 7.49. The van der Waals surface area contributed by atoms with Gasteiger partial charge in [0.1, 0.15) is 11.4 Å². The standard InChI is InChI=1S/C17H26N6O2/c1-21(2)8-5-7-19-17(25)15-13(6-9-22(15)3)20-16(24)14-10-12(18)11-23(14)4/h6,9-11H,5,7-8,18H2,1-4H3,(H,19,25)(H,20,24). The van der Waals surface area contributed by atoms with Crippen molar-refractivity contribution in [1.29, 1.82) is 0 Å². The smallest absolute Gasteiger partial charge is 0.272 e. The van der Waals surface area contributed by atoms with E-state index in [1.54, 1.807) is 47.8 Å². The lowest BCUT2D eigenvalue weighted by Gasteiger charge is -2.12. The minimum absolute atomic E-state index is 0.215. The number of nitrogens with zero attached hydrogens (tertiary/aromatic N) is 3. The van der Waals surface area contributed by atoms with Crippen molar-refractivity contribution in [1.82, 2.24) is 19.4 Å². The first-order valence-corrected chi connectivity index (χ1v) is 8.11. The van der Waals surface area contributed by atoms with E-state index in [9.17, 15) is 9.59 Å². The van der Waals surface area contributed by atoms with Crippen LogP contribution in [-0.2, 0) is 14.1 Å². The molecule has 2 rings (SSSR count). The predicted molar refractivity (Wildman–Crippen MR) is 98.7 cm³/mol. The van der Waals surface area contributed by atoms with E-state index in [0.29, 0.717) is 29.3 Å². The number of nitrogens with two attached hydrogens (primary N) is 1. The molecule has 0 aliphatic heterocycles. The van der Waals surface area contributed by atoms with Gasteiger partial charge < -0.3 is 30.4 Å². The summed E-state index contributed by atoms with van der Waals surface area (Å²) in [5.41, 5.74) is 7.54. The SMILES string of the molecule is CN(C)CCCNC(=O)c1c(NC(=O)c2cc(N)cn2C)ccn1C.